The zero-order valence-corrected chi connectivity index (χ0v) is 18.6. The van der Waals surface area contributed by atoms with Crippen molar-refractivity contribution in [2.24, 2.45) is 4.99 Å². The van der Waals surface area contributed by atoms with E-state index < -0.39 is 22.4 Å². The summed E-state index contributed by atoms with van der Waals surface area (Å²) in [7, 11) is 1.73. The molecule has 1 aliphatic carbocycles. The highest BCUT2D eigenvalue weighted by molar-refractivity contribution is 7.98. The summed E-state index contributed by atoms with van der Waals surface area (Å²) < 4.78 is 47.4. The van der Waals surface area contributed by atoms with E-state index in [1.54, 1.807) is 12.1 Å². The topological polar surface area (TPSA) is 121 Å². The van der Waals surface area contributed by atoms with Gasteiger partial charge in [-0.25, -0.2) is 8.42 Å². The van der Waals surface area contributed by atoms with Gasteiger partial charge in [-0.3, -0.25) is 9.79 Å². The maximum atomic E-state index is 13.1. The standard InChI is InChI=1S/C21H25NO8S/c1-13-8-16(22-12-20(23)24)21(30-5)19(9-13)31(25,26)7-6-15-17(28-3)10-14(27-2)11-18(15)29-4/h6-7,10-11H,1,8-9,12H2,2-5H3,(H,23,24). The van der Waals surface area contributed by atoms with E-state index in [0.29, 0.717) is 28.4 Å². The quantitative estimate of drug-likeness (QED) is 0.569. The van der Waals surface area contributed by atoms with Crippen LogP contribution in [0.3, 0.4) is 0 Å². The molecule has 0 heterocycles. The summed E-state index contributed by atoms with van der Waals surface area (Å²) >= 11 is 0. The fraction of sp³-hybridized carbons (Fsp3) is 0.333. The van der Waals surface area contributed by atoms with Crippen molar-refractivity contribution in [1.82, 2.24) is 0 Å². The van der Waals surface area contributed by atoms with Crippen LogP contribution in [-0.2, 0) is 19.4 Å². The summed E-state index contributed by atoms with van der Waals surface area (Å²) in [5, 5.41) is 9.91. The second-order valence-electron chi connectivity index (χ2n) is 6.51. The lowest BCUT2D eigenvalue weighted by Crippen LogP contribution is -2.20. The Morgan fingerprint density at radius 2 is 1.71 bits per heavy atom. The third kappa shape index (κ3) is 5.66. The number of methoxy groups -OCH3 is 4. The van der Waals surface area contributed by atoms with Crippen molar-refractivity contribution in [3.05, 3.63) is 45.9 Å². The van der Waals surface area contributed by atoms with Gasteiger partial charge in [0.1, 0.15) is 23.8 Å². The molecule has 9 nitrogen and oxygen atoms in total. The van der Waals surface area contributed by atoms with Gasteiger partial charge in [0.2, 0.25) is 0 Å². The second-order valence-corrected chi connectivity index (χ2v) is 8.36. The number of benzene rings is 1. The van der Waals surface area contributed by atoms with Crippen LogP contribution in [0.25, 0.3) is 6.08 Å². The highest BCUT2D eigenvalue weighted by Gasteiger charge is 2.30. The zero-order valence-electron chi connectivity index (χ0n) is 17.8. The van der Waals surface area contributed by atoms with Crippen LogP contribution in [0.15, 0.2) is 45.3 Å². The summed E-state index contributed by atoms with van der Waals surface area (Å²) in [4.78, 5) is 14.8. The van der Waals surface area contributed by atoms with Crippen LogP contribution in [0.4, 0.5) is 0 Å². The number of sulfone groups is 1. The van der Waals surface area contributed by atoms with E-state index in [0.717, 1.165) is 5.41 Å². The van der Waals surface area contributed by atoms with Gasteiger partial charge in [0, 0.05) is 30.4 Å². The minimum absolute atomic E-state index is 0.0342. The summed E-state index contributed by atoms with van der Waals surface area (Å²) in [6, 6.07) is 3.21. The molecule has 0 bridgehead atoms. The first kappa shape index (κ1) is 24.0. The van der Waals surface area contributed by atoms with Crippen LogP contribution in [0, 0.1) is 0 Å². The minimum atomic E-state index is -3.97. The van der Waals surface area contributed by atoms with Gasteiger partial charge in [-0.05, 0) is 6.08 Å². The molecule has 0 atom stereocenters. The number of rotatable bonds is 9. The van der Waals surface area contributed by atoms with E-state index >= 15 is 0 Å². The normalized spacial score (nSPS) is 16.0. The third-order valence-electron chi connectivity index (χ3n) is 4.46. The average molecular weight is 451 g/mol. The number of allylic oxidation sites excluding steroid dienone is 3. The number of hydrogen-bond donors (Lipinski definition) is 1. The molecule has 0 spiro atoms. The van der Waals surface area contributed by atoms with Crippen molar-refractivity contribution < 1.29 is 37.3 Å². The van der Waals surface area contributed by atoms with Crippen LogP contribution in [0.5, 0.6) is 17.2 Å². The van der Waals surface area contributed by atoms with Crippen molar-refractivity contribution in [3.63, 3.8) is 0 Å². The second kappa shape index (κ2) is 10.2. The number of carboxylic acid groups (broad SMARTS) is 1. The van der Waals surface area contributed by atoms with Crippen molar-refractivity contribution in [1.29, 1.82) is 0 Å². The lowest BCUT2D eigenvalue weighted by molar-refractivity contribution is -0.135. The van der Waals surface area contributed by atoms with Crippen molar-refractivity contribution >= 4 is 27.6 Å². The Labute approximate surface area is 181 Å². The Morgan fingerprint density at radius 3 is 2.19 bits per heavy atom. The minimum Gasteiger partial charge on any atom is -0.496 e. The van der Waals surface area contributed by atoms with E-state index in [1.807, 2.05) is 0 Å². The number of aliphatic imine (C=N–C) groups is 1. The molecule has 1 aromatic carbocycles. The first-order valence-electron chi connectivity index (χ1n) is 9.09. The molecule has 0 radical (unpaired) electrons. The van der Waals surface area contributed by atoms with E-state index in [9.17, 15) is 13.2 Å². The van der Waals surface area contributed by atoms with Gasteiger partial charge in [-0.15, -0.1) is 0 Å². The number of carbonyl (C=O) groups is 1. The van der Waals surface area contributed by atoms with Crippen LogP contribution in [-0.4, -0.2) is 60.2 Å². The van der Waals surface area contributed by atoms with Crippen LogP contribution in [0.2, 0.25) is 0 Å². The highest BCUT2D eigenvalue weighted by atomic mass is 32.2. The molecule has 0 saturated heterocycles. The number of aliphatic carboxylic acids is 1. The molecule has 10 heteroatoms. The SMILES string of the molecule is C=C1CC(=NCC(=O)O)C(OC)=C(S(=O)(=O)C=Cc2c(OC)cc(OC)cc2OC)C1. The molecule has 168 valence electrons. The Bertz CT molecular complexity index is 1040. The van der Waals surface area contributed by atoms with E-state index in [4.69, 9.17) is 24.1 Å². The molecular weight excluding hydrogens is 426 g/mol. The fourth-order valence-electron chi connectivity index (χ4n) is 3.04. The smallest absolute Gasteiger partial charge is 0.325 e. The highest BCUT2D eigenvalue weighted by Crippen LogP contribution is 2.36. The largest absolute Gasteiger partial charge is 0.496 e. The van der Waals surface area contributed by atoms with Crippen LogP contribution in [0.1, 0.15) is 18.4 Å². The van der Waals surface area contributed by atoms with Gasteiger partial charge in [0.05, 0.1) is 44.6 Å². The maximum absolute atomic E-state index is 13.1. The van der Waals surface area contributed by atoms with Gasteiger partial charge in [-0.2, -0.15) is 0 Å². The first-order chi connectivity index (χ1) is 14.7. The monoisotopic (exact) mass is 451 g/mol. The molecule has 1 aliphatic rings. The van der Waals surface area contributed by atoms with Crippen molar-refractivity contribution in [2.75, 3.05) is 35.0 Å². The molecule has 0 fully saturated rings. The Morgan fingerprint density at radius 1 is 1.10 bits per heavy atom. The van der Waals surface area contributed by atoms with Gasteiger partial charge in [0.25, 0.3) is 0 Å². The first-order valence-corrected chi connectivity index (χ1v) is 10.6. The van der Waals surface area contributed by atoms with E-state index in [2.05, 4.69) is 11.6 Å². The summed E-state index contributed by atoms with van der Waals surface area (Å²) in [6.07, 6.45) is 1.65. The van der Waals surface area contributed by atoms with Crippen molar-refractivity contribution in [3.8, 4) is 17.2 Å². The molecule has 1 aromatic rings. The number of hydrogen-bond acceptors (Lipinski definition) is 8. The summed E-state index contributed by atoms with van der Waals surface area (Å²) in [5.41, 5.74) is 1.22. The van der Waals surface area contributed by atoms with Gasteiger partial charge >= 0.3 is 5.97 Å². The predicted octanol–water partition coefficient (Wildman–Crippen LogP) is 2.83. The van der Waals surface area contributed by atoms with Gasteiger partial charge < -0.3 is 24.1 Å². The molecule has 0 aliphatic heterocycles. The van der Waals surface area contributed by atoms with Crippen LogP contribution >= 0.6 is 0 Å². The molecule has 0 aromatic heterocycles. The molecule has 0 amide bonds. The molecule has 2 rings (SSSR count). The third-order valence-corrected chi connectivity index (χ3v) is 5.97. The maximum Gasteiger partial charge on any atom is 0.325 e. The average Bonchev–Trinajstić information content (AvgIpc) is 2.74. The molecule has 1 N–H and O–H groups in total. The number of nitrogens with zero attached hydrogens (tertiary/aromatic N) is 1. The number of carboxylic acids is 1. The fourth-order valence-corrected chi connectivity index (χ4v) is 4.38. The van der Waals surface area contributed by atoms with Gasteiger partial charge in [-0.1, -0.05) is 12.2 Å². The Balaban J connectivity index is 2.56. The van der Waals surface area contributed by atoms with E-state index in [1.165, 1.54) is 34.5 Å². The molecule has 31 heavy (non-hydrogen) atoms. The Hall–Kier alpha value is -3.27. The van der Waals surface area contributed by atoms with Gasteiger partial charge in [0.15, 0.2) is 15.6 Å². The lowest BCUT2D eigenvalue weighted by atomic mass is 9.99. The zero-order chi connectivity index (χ0) is 23.2. The van der Waals surface area contributed by atoms with Crippen molar-refractivity contribution in [2.45, 2.75) is 12.8 Å². The summed E-state index contributed by atoms with van der Waals surface area (Å²) in [6.45, 7) is 3.35. The predicted molar refractivity (Wildman–Crippen MR) is 116 cm³/mol. The molecular formula is C21H25NO8S. The van der Waals surface area contributed by atoms with Crippen LogP contribution < -0.4 is 14.2 Å². The Kier molecular flexibility index (Phi) is 7.87. The molecule has 0 saturated carbocycles. The number of ether oxygens (including phenoxy) is 4. The summed E-state index contributed by atoms with van der Waals surface area (Å²) in [5.74, 6) is 0.107. The van der Waals surface area contributed by atoms with E-state index in [-0.39, 0.29) is 29.2 Å². The molecule has 0 unspecified atom stereocenters. The lowest BCUT2D eigenvalue weighted by Gasteiger charge is -2.21.